The summed E-state index contributed by atoms with van der Waals surface area (Å²) in [4.78, 5) is 8.83. The molecule has 0 saturated carbocycles. The molecule has 0 spiro atoms. The predicted octanol–water partition coefficient (Wildman–Crippen LogP) is 2.46. The number of aliphatic imine (C=N–C) groups is 1. The summed E-state index contributed by atoms with van der Waals surface area (Å²) in [5, 5.41) is 10.5. The Morgan fingerprint density at radius 1 is 1.28 bits per heavy atom. The average molecular weight is 454 g/mol. The van der Waals surface area contributed by atoms with Crippen LogP contribution in [-0.2, 0) is 13.0 Å². The fourth-order valence-electron chi connectivity index (χ4n) is 2.56. The van der Waals surface area contributed by atoms with Gasteiger partial charge in [-0.1, -0.05) is 11.2 Å². The molecule has 0 amide bonds. The third-order valence-corrected chi connectivity index (χ3v) is 3.92. The lowest BCUT2D eigenvalue weighted by molar-refractivity contribution is 0.392. The number of hydrogen-bond acceptors (Lipinski definition) is 4. The van der Waals surface area contributed by atoms with Crippen molar-refractivity contribution in [2.45, 2.75) is 26.8 Å². The van der Waals surface area contributed by atoms with Crippen LogP contribution in [0, 0.1) is 13.8 Å². The number of aromatic nitrogens is 3. The minimum absolute atomic E-state index is 0. The van der Waals surface area contributed by atoms with Gasteiger partial charge in [-0.15, -0.1) is 24.0 Å². The van der Waals surface area contributed by atoms with Crippen molar-refractivity contribution < 1.29 is 4.52 Å². The van der Waals surface area contributed by atoms with Crippen molar-refractivity contribution in [1.82, 2.24) is 25.2 Å². The van der Waals surface area contributed by atoms with Crippen LogP contribution in [0.25, 0.3) is 5.65 Å². The van der Waals surface area contributed by atoms with Crippen LogP contribution >= 0.6 is 24.0 Å². The van der Waals surface area contributed by atoms with Gasteiger partial charge in [0, 0.05) is 44.5 Å². The second kappa shape index (κ2) is 8.84. The smallest absolute Gasteiger partial charge is 0.191 e. The van der Waals surface area contributed by atoms with Crippen LogP contribution in [0.5, 0.6) is 0 Å². The maximum Gasteiger partial charge on any atom is 0.191 e. The number of halogens is 1. The van der Waals surface area contributed by atoms with E-state index in [1.165, 1.54) is 0 Å². The minimum atomic E-state index is 0. The number of imidazole rings is 1. The summed E-state index contributed by atoms with van der Waals surface area (Å²) in [5.41, 5.74) is 3.99. The molecule has 0 aliphatic carbocycles. The van der Waals surface area contributed by atoms with E-state index in [1.807, 2.05) is 42.6 Å². The van der Waals surface area contributed by atoms with Crippen LogP contribution in [0.4, 0.5) is 0 Å². The molecule has 0 unspecified atom stereocenters. The zero-order valence-corrected chi connectivity index (χ0v) is 16.9. The third-order valence-electron chi connectivity index (χ3n) is 3.92. The molecule has 2 N–H and O–H groups in total. The van der Waals surface area contributed by atoms with Gasteiger partial charge in [-0.05, 0) is 26.0 Å². The van der Waals surface area contributed by atoms with Crippen LogP contribution in [0.1, 0.15) is 22.7 Å². The van der Waals surface area contributed by atoms with E-state index >= 15 is 0 Å². The van der Waals surface area contributed by atoms with Gasteiger partial charge in [0.1, 0.15) is 11.4 Å². The quantitative estimate of drug-likeness (QED) is 0.352. The molecule has 3 aromatic rings. The van der Waals surface area contributed by atoms with Gasteiger partial charge in [-0.3, -0.25) is 4.99 Å². The number of hydrogen-bond donors (Lipinski definition) is 2. The first-order valence-corrected chi connectivity index (χ1v) is 7.96. The van der Waals surface area contributed by atoms with Crippen LogP contribution < -0.4 is 10.6 Å². The largest absolute Gasteiger partial charge is 0.361 e. The maximum absolute atomic E-state index is 5.17. The van der Waals surface area contributed by atoms with Crippen molar-refractivity contribution in [3.8, 4) is 0 Å². The van der Waals surface area contributed by atoms with Crippen molar-refractivity contribution in [2.24, 2.45) is 4.99 Å². The molecule has 8 heteroatoms. The lowest BCUT2D eigenvalue weighted by Gasteiger charge is -2.11. The molecule has 3 aromatic heterocycles. The van der Waals surface area contributed by atoms with E-state index in [1.54, 1.807) is 7.05 Å². The fourth-order valence-corrected chi connectivity index (χ4v) is 2.56. The molecule has 0 bridgehead atoms. The van der Waals surface area contributed by atoms with Crippen molar-refractivity contribution in [1.29, 1.82) is 0 Å². The fraction of sp³-hybridized carbons (Fsp3) is 0.353. The molecule has 0 aliphatic rings. The highest BCUT2D eigenvalue weighted by atomic mass is 127. The van der Waals surface area contributed by atoms with Crippen LogP contribution in [-0.4, -0.2) is 34.1 Å². The molecule has 0 radical (unpaired) electrons. The lowest BCUT2D eigenvalue weighted by atomic mass is 10.2. The number of aryl methyl sites for hydroxylation is 2. The Bertz CT molecular complexity index is 801. The predicted molar refractivity (Wildman–Crippen MR) is 108 cm³/mol. The molecule has 0 saturated heterocycles. The molecule has 7 nitrogen and oxygen atoms in total. The Morgan fingerprint density at radius 3 is 2.80 bits per heavy atom. The van der Waals surface area contributed by atoms with E-state index in [-0.39, 0.29) is 24.0 Å². The van der Waals surface area contributed by atoms with Gasteiger partial charge >= 0.3 is 0 Å². The van der Waals surface area contributed by atoms with E-state index in [4.69, 9.17) is 4.52 Å². The van der Waals surface area contributed by atoms with Crippen molar-refractivity contribution in [3.63, 3.8) is 0 Å². The van der Waals surface area contributed by atoms with Gasteiger partial charge in [-0.2, -0.15) is 0 Å². The Labute approximate surface area is 163 Å². The number of nitrogens with one attached hydrogen (secondary N) is 2. The standard InChI is InChI=1S/C17H22N6O.HI/c1-12-15(13(2)24-22-12)10-20-17(18-3)19-8-7-14-11-23-9-5-4-6-16(23)21-14;/h4-6,9,11H,7-8,10H2,1-3H3,(H2,18,19,20);1H. The third kappa shape index (κ3) is 4.71. The van der Waals surface area contributed by atoms with Gasteiger partial charge in [0.25, 0.3) is 0 Å². The summed E-state index contributed by atoms with van der Waals surface area (Å²) in [6, 6.07) is 5.99. The number of nitrogens with zero attached hydrogens (tertiary/aromatic N) is 4. The molecule has 134 valence electrons. The summed E-state index contributed by atoms with van der Waals surface area (Å²) in [6.45, 7) is 5.24. The monoisotopic (exact) mass is 454 g/mol. The first-order chi connectivity index (χ1) is 11.7. The number of rotatable bonds is 5. The summed E-state index contributed by atoms with van der Waals surface area (Å²) in [6.07, 6.45) is 4.88. The van der Waals surface area contributed by atoms with Crippen LogP contribution in [0.15, 0.2) is 40.1 Å². The molecule has 3 heterocycles. The summed E-state index contributed by atoms with van der Waals surface area (Å²) in [7, 11) is 1.76. The molecule has 0 aromatic carbocycles. The maximum atomic E-state index is 5.17. The molecule has 3 rings (SSSR count). The van der Waals surface area contributed by atoms with E-state index in [9.17, 15) is 0 Å². The van der Waals surface area contributed by atoms with Crippen LogP contribution in [0.2, 0.25) is 0 Å². The lowest BCUT2D eigenvalue weighted by Crippen LogP contribution is -2.38. The number of guanidine groups is 1. The highest BCUT2D eigenvalue weighted by Crippen LogP contribution is 2.11. The zero-order chi connectivity index (χ0) is 16.9. The zero-order valence-electron chi connectivity index (χ0n) is 14.6. The Hall–Kier alpha value is -2.10. The SMILES string of the molecule is CN=C(NCCc1cn2ccccc2n1)NCc1c(C)noc1C.I. The Kier molecular flexibility index (Phi) is 6.80. The second-order valence-corrected chi connectivity index (χ2v) is 5.60. The normalized spacial score (nSPS) is 11.4. The van der Waals surface area contributed by atoms with Gasteiger partial charge in [0.15, 0.2) is 5.96 Å². The first-order valence-electron chi connectivity index (χ1n) is 7.96. The van der Waals surface area contributed by atoms with Crippen molar-refractivity contribution in [3.05, 3.63) is 53.3 Å². The van der Waals surface area contributed by atoms with Crippen molar-refractivity contribution in [2.75, 3.05) is 13.6 Å². The highest BCUT2D eigenvalue weighted by Gasteiger charge is 2.09. The van der Waals surface area contributed by atoms with Gasteiger partial charge in [0.05, 0.1) is 11.4 Å². The molecular weight excluding hydrogens is 431 g/mol. The Morgan fingerprint density at radius 2 is 2.12 bits per heavy atom. The number of fused-ring (bicyclic) bond motifs is 1. The molecular formula is C17H23IN6O. The van der Waals surface area contributed by atoms with Gasteiger partial charge in [-0.25, -0.2) is 4.98 Å². The van der Waals surface area contributed by atoms with E-state index < -0.39 is 0 Å². The number of pyridine rings is 1. The topological polar surface area (TPSA) is 79.8 Å². The molecule has 0 aliphatic heterocycles. The van der Waals surface area contributed by atoms with Gasteiger partial charge in [0.2, 0.25) is 0 Å². The highest BCUT2D eigenvalue weighted by molar-refractivity contribution is 14.0. The van der Waals surface area contributed by atoms with E-state index in [2.05, 4.69) is 32.0 Å². The second-order valence-electron chi connectivity index (χ2n) is 5.60. The molecule has 0 atom stereocenters. The molecule has 25 heavy (non-hydrogen) atoms. The van der Waals surface area contributed by atoms with E-state index in [0.717, 1.165) is 47.3 Å². The van der Waals surface area contributed by atoms with Gasteiger partial charge < -0.3 is 19.6 Å². The van der Waals surface area contributed by atoms with E-state index in [0.29, 0.717) is 6.54 Å². The molecule has 0 fully saturated rings. The Balaban J connectivity index is 0.00000225. The minimum Gasteiger partial charge on any atom is -0.361 e. The first kappa shape index (κ1) is 19.2. The van der Waals surface area contributed by atoms with Crippen molar-refractivity contribution >= 4 is 35.6 Å². The average Bonchev–Trinajstić information content (AvgIpc) is 3.14. The summed E-state index contributed by atoms with van der Waals surface area (Å²) >= 11 is 0. The van der Waals surface area contributed by atoms with Crippen LogP contribution in [0.3, 0.4) is 0 Å². The summed E-state index contributed by atoms with van der Waals surface area (Å²) in [5.74, 6) is 1.58. The summed E-state index contributed by atoms with van der Waals surface area (Å²) < 4.78 is 7.20.